The van der Waals surface area contributed by atoms with Crippen LogP contribution in [0, 0.1) is 0 Å². The molecule has 0 spiro atoms. The van der Waals surface area contributed by atoms with Gasteiger partial charge in [-0.2, -0.15) is 127 Å². The monoisotopic (exact) mass is 1080 g/mol. The van der Waals surface area contributed by atoms with Gasteiger partial charge in [0.1, 0.15) is 17.5 Å². The minimum absolute atomic E-state index is 0.0313. The molecule has 0 aliphatic rings. The SMILES string of the molecule is COC(=O)C(=CC[S+](C)C)C(=O)OC.FC(F)(F)c1cc([B-](c2cc(C(F)(F)F)cc(C(F)(F)F)c2)(c2cc(C(F)(F)F)cc(C(F)(F)F)c2)c2cc(C(F)(F)F)cc(C(F)(F)F)c2)cc(C(F)(F)F)c1. The third kappa shape index (κ3) is 14.5. The second kappa shape index (κ2) is 20.4. The van der Waals surface area contributed by atoms with Crippen LogP contribution in [-0.2, 0) is 79.4 Å². The maximum Gasteiger partial charge on any atom is 0.416 e. The Morgan fingerprint density at radius 3 is 0.676 bits per heavy atom. The number of carbonyl (C=O) groups excluding carboxylic acids is 2. The van der Waals surface area contributed by atoms with Crippen LogP contribution in [0.3, 0.4) is 0 Å². The fourth-order valence-corrected chi connectivity index (χ4v) is 7.29. The summed E-state index contributed by atoms with van der Waals surface area (Å²) >= 11 is 0. The first-order valence-electron chi connectivity index (χ1n) is 18.6. The zero-order chi connectivity index (χ0) is 55.1. The van der Waals surface area contributed by atoms with Crippen LogP contribution < -0.4 is 21.9 Å². The average molecular weight is 1080 g/mol. The maximum absolute atomic E-state index is 14.2. The summed E-state index contributed by atoms with van der Waals surface area (Å²) in [5.41, 5.74) is -30.2. The standard InChI is InChI=1S/C32H12BF24.C9H15O4S/c34-25(35,36)13-1-14(26(37,38)39)6-21(5-13)33(22-7-15(27(40,41)42)2-16(8-22)28(43,44)45,23-9-17(29(46,47)48)3-18(10-23)30(49,50)51)24-11-19(31(52,53)54)4-20(12-24)32(55,56)57;1-12-8(10)7(9(11)13-2)5-6-14(3)4/h1-12H;5H,6H2,1-4H3/q-1;+1. The molecule has 0 saturated heterocycles. The van der Waals surface area contributed by atoms with Crippen LogP contribution >= 0.6 is 0 Å². The maximum atomic E-state index is 14.2. The van der Waals surface area contributed by atoms with Gasteiger partial charge in [-0.05, 0) is 41.2 Å². The molecule has 0 aromatic heterocycles. The lowest BCUT2D eigenvalue weighted by atomic mass is 9.12. The van der Waals surface area contributed by atoms with Crippen molar-refractivity contribution in [1.82, 2.24) is 0 Å². The summed E-state index contributed by atoms with van der Waals surface area (Å²) in [7, 11) is 2.60. The number of rotatable bonds is 8. The van der Waals surface area contributed by atoms with Crippen molar-refractivity contribution < 1.29 is 124 Å². The van der Waals surface area contributed by atoms with Crippen LogP contribution in [-0.4, -0.2) is 50.6 Å². The lowest BCUT2D eigenvalue weighted by Gasteiger charge is -2.46. The van der Waals surface area contributed by atoms with Crippen molar-refractivity contribution in [3.8, 4) is 0 Å². The molecule has 392 valence electrons. The van der Waals surface area contributed by atoms with Gasteiger partial charge in [-0.15, -0.1) is 0 Å². The number of esters is 2. The molecule has 0 amide bonds. The zero-order valence-corrected chi connectivity index (χ0v) is 36.2. The van der Waals surface area contributed by atoms with E-state index >= 15 is 0 Å². The van der Waals surface area contributed by atoms with Crippen molar-refractivity contribution in [3.05, 3.63) is 129 Å². The Kier molecular flexibility index (Phi) is 17.1. The van der Waals surface area contributed by atoms with Crippen LogP contribution in [0.25, 0.3) is 0 Å². The van der Waals surface area contributed by atoms with E-state index in [1.165, 1.54) is 14.2 Å². The molecule has 0 radical (unpaired) electrons. The van der Waals surface area contributed by atoms with E-state index in [9.17, 15) is 115 Å². The molecule has 4 rings (SSSR count). The van der Waals surface area contributed by atoms with Crippen molar-refractivity contribution in [1.29, 1.82) is 0 Å². The number of methoxy groups -OCH3 is 2. The van der Waals surface area contributed by atoms with Gasteiger partial charge >= 0.3 is 61.3 Å². The normalized spacial score (nSPS) is 13.4. The molecule has 30 heteroatoms. The zero-order valence-electron chi connectivity index (χ0n) is 35.4. The van der Waals surface area contributed by atoms with Crippen molar-refractivity contribution in [3.63, 3.8) is 0 Å². The Bertz CT molecular complexity index is 2160. The molecule has 0 saturated carbocycles. The van der Waals surface area contributed by atoms with Gasteiger partial charge in [0.15, 0.2) is 0 Å². The molecule has 71 heavy (non-hydrogen) atoms. The number of ether oxygens (including phenoxy) is 2. The lowest BCUT2D eigenvalue weighted by molar-refractivity contribution is -0.145. The second-order valence-corrected chi connectivity index (χ2v) is 17.3. The number of benzene rings is 4. The minimum Gasteiger partial charge on any atom is -0.465 e. The predicted molar refractivity (Wildman–Crippen MR) is 206 cm³/mol. The van der Waals surface area contributed by atoms with Gasteiger partial charge in [-0.25, -0.2) is 9.59 Å². The molecule has 0 heterocycles. The number of alkyl halides is 24. The van der Waals surface area contributed by atoms with E-state index < -0.39 is 207 Å². The van der Waals surface area contributed by atoms with E-state index in [0.717, 1.165) is 0 Å². The molecule has 0 bridgehead atoms. The van der Waals surface area contributed by atoms with Crippen LogP contribution in [0.2, 0.25) is 0 Å². The van der Waals surface area contributed by atoms with E-state index in [4.69, 9.17) is 0 Å². The molecule has 4 aromatic carbocycles. The minimum atomic E-state index is -6.13. The van der Waals surface area contributed by atoms with Gasteiger partial charge in [-0.3, -0.25) is 0 Å². The third-order valence-corrected chi connectivity index (χ3v) is 10.7. The molecule has 4 aromatic rings. The first-order chi connectivity index (χ1) is 31.8. The quantitative estimate of drug-likeness (QED) is 0.0336. The highest BCUT2D eigenvalue weighted by Crippen LogP contribution is 2.41. The summed E-state index contributed by atoms with van der Waals surface area (Å²) < 4.78 is 350. The summed E-state index contributed by atoms with van der Waals surface area (Å²) in [5, 5.41) is 0. The van der Waals surface area contributed by atoms with Crippen molar-refractivity contribution in [2.75, 3.05) is 32.5 Å². The molecule has 0 aliphatic carbocycles. The third-order valence-electron chi connectivity index (χ3n) is 9.87. The highest BCUT2D eigenvalue weighted by atomic mass is 32.2. The van der Waals surface area contributed by atoms with Crippen LogP contribution in [0.4, 0.5) is 105 Å². The summed E-state index contributed by atoms with van der Waals surface area (Å²) in [5.74, 6) is -0.635. The Hall–Kier alpha value is -5.71. The second-order valence-electron chi connectivity index (χ2n) is 15.0. The summed E-state index contributed by atoms with van der Waals surface area (Å²) in [6.45, 7) is 0. The summed E-state index contributed by atoms with van der Waals surface area (Å²) in [4.78, 5) is 22.3. The highest BCUT2D eigenvalue weighted by molar-refractivity contribution is 7.95. The van der Waals surface area contributed by atoms with E-state index in [-0.39, 0.29) is 16.5 Å². The van der Waals surface area contributed by atoms with E-state index in [2.05, 4.69) is 9.47 Å². The van der Waals surface area contributed by atoms with Gasteiger partial charge < -0.3 is 9.47 Å². The van der Waals surface area contributed by atoms with Crippen LogP contribution in [0.1, 0.15) is 44.5 Å². The largest absolute Gasteiger partial charge is 0.465 e. The van der Waals surface area contributed by atoms with Crippen molar-refractivity contribution >= 4 is 50.8 Å². The smallest absolute Gasteiger partial charge is 0.416 e. The number of halogens is 24. The van der Waals surface area contributed by atoms with Crippen LogP contribution in [0.5, 0.6) is 0 Å². The first-order valence-corrected chi connectivity index (χ1v) is 20.8. The van der Waals surface area contributed by atoms with Gasteiger partial charge in [0.25, 0.3) is 0 Å². The summed E-state index contributed by atoms with van der Waals surface area (Å²) in [6.07, 6.45) is -49.2. The Labute approximate surface area is 385 Å². The molecular weight excluding hydrogens is 1060 g/mol. The van der Waals surface area contributed by atoms with Gasteiger partial charge in [0.05, 0.1) is 71.2 Å². The molecule has 0 atom stereocenters. The molecule has 0 unspecified atom stereocenters. The molecule has 0 fully saturated rings. The molecular formula is C41H27BF24O4S. The number of carbonyl (C=O) groups is 2. The Morgan fingerprint density at radius 1 is 0.380 bits per heavy atom. The van der Waals surface area contributed by atoms with Gasteiger partial charge in [-0.1, -0.05) is 48.5 Å². The van der Waals surface area contributed by atoms with Crippen molar-refractivity contribution in [2.24, 2.45) is 0 Å². The van der Waals surface area contributed by atoms with E-state index in [1.807, 2.05) is 12.5 Å². The summed E-state index contributed by atoms with van der Waals surface area (Å²) in [6, 6.07) is -8.81. The topological polar surface area (TPSA) is 52.6 Å². The van der Waals surface area contributed by atoms with Crippen molar-refractivity contribution in [2.45, 2.75) is 49.4 Å². The fourth-order valence-electron chi connectivity index (χ4n) is 6.79. The lowest BCUT2D eigenvalue weighted by Crippen LogP contribution is -2.75. The Balaban J connectivity index is 0.000000824. The van der Waals surface area contributed by atoms with Gasteiger partial charge in [0.2, 0.25) is 0 Å². The first kappa shape index (κ1) is 59.6. The number of hydrogen-bond acceptors (Lipinski definition) is 4. The fraction of sp³-hybridized carbons (Fsp3) is 0.317. The van der Waals surface area contributed by atoms with Crippen LogP contribution in [0.15, 0.2) is 84.4 Å². The molecule has 0 aliphatic heterocycles. The van der Waals surface area contributed by atoms with E-state index in [0.29, 0.717) is 5.75 Å². The van der Waals surface area contributed by atoms with E-state index in [1.54, 1.807) is 6.08 Å². The molecule has 0 N–H and O–H groups in total. The average Bonchev–Trinajstić information content (AvgIpc) is 3.21. The Morgan fingerprint density at radius 2 is 0.549 bits per heavy atom. The number of hydrogen-bond donors (Lipinski definition) is 0. The highest BCUT2D eigenvalue weighted by Gasteiger charge is 2.47. The molecule has 4 nitrogen and oxygen atoms in total. The predicted octanol–water partition coefficient (Wildman–Crippen LogP) is 11.4. The van der Waals surface area contributed by atoms with Gasteiger partial charge in [0, 0.05) is 0 Å².